The zero-order valence-corrected chi connectivity index (χ0v) is 22.3. The molecular weight excluding hydrogens is 468 g/mol. The van der Waals surface area contributed by atoms with Gasteiger partial charge in [0, 0.05) is 60.9 Å². The number of aromatic nitrogens is 1. The number of hydrogen-bond acceptors (Lipinski definition) is 5. The van der Waals surface area contributed by atoms with E-state index in [1.165, 1.54) is 30.6 Å². The van der Waals surface area contributed by atoms with Crippen molar-refractivity contribution < 1.29 is 10.2 Å². The van der Waals surface area contributed by atoms with E-state index < -0.39 is 0 Å². The van der Waals surface area contributed by atoms with Gasteiger partial charge in [-0.25, -0.2) is 0 Å². The minimum atomic E-state index is 0.358. The van der Waals surface area contributed by atoms with E-state index in [0.29, 0.717) is 41.3 Å². The van der Waals surface area contributed by atoms with Crippen LogP contribution in [0.1, 0.15) is 73.5 Å². The second-order valence-electron chi connectivity index (χ2n) is 11.4. The van der Waals surface area contributed by atoms with Crippen LogP contribution in [0.4, 0.5) is 0 Å². The summed E-state index contributed by atoms with van der Waals surface area (Å²) in [5.74, 6) is 3.36. The van der Waals surface area contributed by atoms with Crippen LogP contribution in [-0.2, 0) is 6.54 Å². The highest BCUT2D eigenvalue weighted by molar-refractivity contribution is 7.98. The number of hydrogen-bond donors (Lipinski definition) is 3. The fourth-order valence-corrected chi connectivity index (χ4v) is 8.21. The second-order valence-corrected chi connectivity index (χ2v) is 12.3. The highest BCUT2D eigenvalue weighted by atomic mass is 32.2. The fourth-order valence-electron chi connectivity index (χ4n) is 7.61. The average Bonchev–Trinajstić information content (AvgIpc) is 3.60. The predicted molar refractivity (Wildman–Crippen MR) is 146 cm³/mol. The van der Waals surface area contributed by atoms with Crippen molar-refractivity contribution in [1.82, 2.24) is 14.4 Å². The molecule has 3 fully saturated rings. The fraction of sp³-hybridized carbons (Fsp3) is 0.621. The predicted octanol–water partition coefficient (Wildman–Crippen LogP) is 5.44. The van der Waals surface area contributed by atoms with Crippen molar-refractivity contribution in [3.8, 4) is 11.8 Å². The molecule has 2 unspecified atom stereocenters. The van der Waals surface area contributed by atoms with Gasteiger partial charge in [-0.3, -0.25) is 14.9 Å². The number of benzene rings is 1. The first-order chi connectivity index (χ1) is 17.5. The Kier molecular flexibility index (Phi) is 6.71. The zero-order chi connectivity index (χ0) is 24.8. The Bertz CT molecular complexity index is 1090. The van der Waals surface area contributed by atoms with E-state index >= 15 is 0 Å². The Balaban J connectivity index is 1.09. The topological polar surface area (TPSA) is 75.7 Å². The van der Waals surface area contributed by atoms with Gasteiger partial charge in [-0.2, -0.15) is 0 Å². The molecule has 4 atom stereocenters. The summed E-state index contributed by atoms with van der Waals surface area (Å²) in [5, 5.41) is 30.9. The largest absolute Gasteiger partial charge is 0.494 e. The molecular formula is C29H40N4O2S. The van der Waals surface area contributed by atoms with E-state index in [9.17, 15) is 10.2 Å². The Morgan fingerprint density at radius 1 is 0.889 bits per heavy atom. The van der Waals surface area contributed by atoms with Gasteiger partial charge in [0.15, 0.2) is 11.8 Å². The molecule has 3 N–H and O–H groups in total. The Labute approximate surface area is 219 Å². The van der Waals surface area contributed by atoms with E-state index in [1.54, 1.807) is 11.8 Å². The number of rotatable bonds is 6. The Morgan fingerprint density at radius 2 is 1.50 bits per heavy atom. The lowest BCUT2D eigenvalue weighted by atomic mass is 9.78. The first kappa shape index (κ1) is 24.2. The van der Waals surface area contributed by atoms with Crippen LogP contribution in [-0.4, -0.2) is 69.4 Å². The molecule has 36 heavy (non-hydrogen) atoms. The van der Waals surface area contributed by atoms with Crippen LogP contribution >= 0.6 is 11.8 Å². The third kappa shape index (κ3) is 4.22. The molecule has 6 rings (SSSR count). The SMILES string of the molecule is CSc1ccccc1C(=N)N1CCN(CC2CCCCC2Cn2c(O)c3c(c2O)[C@H]2CC[C@@H]3C2)CC1. The van der Waals surface area contributed by atoms with Crippen LogP contribution in [0.3, 0.4) is 0 Å². The molecule has 194 valence electrons. The second kappa shape index (κ2) is 9.97. The summed E-state index contributed by atoms with van der Waals surface area (Å²) >= 11 is 1.71. The van der Waals surface area contributed by atoms with Crippen molar-refractivity contribution in [2.24, 2.45) is 11.8 Å². The third-order valence-electron chi connectivity index (χ3n) is 9.56. The van der Waals surface area contributed by atoms with Gasteiger partial charge in [0.25, 0.3) is 0 Å². The minimum absolute atomic E-state index is 0.358. The van der Waals surface area contributed by atoms with Crippen molar-refractivity contribution in [3.05, 3.63) is 41.0 Å². The summed E-state index contributed by atoms with van der Waals surface area (Å²) in [5.41, 5.74) is 3.17. The summed E-state index contributed by atoms with van der Waals surface area (Å²) in [6.45, 7) is 5.60. The summed E-state index contributed by atoms with van der Waals surface area (Å²) in [4.78, 5) is 5.99. The highest BCUT2D eigenvalue weighted by Crippen LogP contribution is 2.60. The third-order valence-corrected chi connectivity index (χ3v) is 10.4. The van der Waals surface area contributed by atoms with Gasteiger partial charge in [0.1, 0.15) is 5.84 Å². The van der Waals surface area contributed by atoms with Crippen molar-refractivity contribution >= 4 is 17.6 Å². The van der Waals surface area contributed by atoms with Crippen LogP contribution in [0.5, 0.6) is 11.8 Å². The molecule has 1 aromatic heterocycles. The number of piperazine rings is 1. The van der Waals surface area contributed by atoms with E-state index in [-0.39, 0.29) is 0 Å². The van der Waals surface area contributed by atoms with Crippen LogP contribution in [0.25, 0.3) is 0 Å². The van der Waals surface area contributed by atoms with Crippen LogP contribution in [0.2, 0.25) is 0 Å². The first-order valence-corrected chi connectivity index (χ1v) is 15.1. The van der Waals surface area contributed by atoms with E-state index in [0.717, 1.165) is 75.2 Å². The first-order valence-electron chi connectivity index (χ1n) is 13.9. The van der Waals surface area contributed by atoms with Gasteiger partial charge >= 0.3 is 0 Å². The van der Waals surface area contributed by atoms with Crippen molar-refractivity contribution in [3.63, 3.8) is 0 Å². The molecule has 2 aromatic rings. The van der Waals surface area contributed by atoms with Crippen molar-refractivity contribution in [2.45, 2.75) is 68.2 Å². The molecule has 2 saturated carbocycles. The lowest BCUT2D eigenvalue weighted by Crippen LogP contribution is -2.50. The van der Waals surface area contributed by atoms with E-state index in [1.807, 2.05) is 16.7 Å². The molecule has 4 aliphatic rings. The minimum Gasteiger partial charge on any atom is -0.494 e. The Hall–Kier alpha value is -2.12. The standard InChI is InChI=1S/C29H40N4O2S/c1-36-24-9-5-4-8-23(24)27(30)32-14-12-31(13-15-32)17-21-6-2-3-7-22(21)18-33-28(34)25-19-10-11-20(16-19)26(25)29(33)35/h4-5,8-9,19-22,30,34-35H,2-3,6-7,10-18H2,1H3/t19-,20+,21?,22?. The lowest BCUT2D eigenvalue weighted by Gasteiger charge is -2.40. The number of aromatic hydroxyl groups is 2. The average molecular weight is 509 g/mol. The molecule has 3 aliphatic carbocycles. The molecule has 1 saturated heterocycles. The van der Waals surface area contributed by atoms with Gasteiger partial charge < -0.3 is 15.1 Å². The molecule has 1 aromatic carbocycles. The number of nitrogens with one attached hydrogen (secondary N) is 1. The lowest BCUT2D eigenvalue weighted by molar-refractivity contribution is 0.107. The molecule has 0 radical (unpaired) electrons. The molecule has 0 spiro atoms. The maximum absolute atomic E-state index is 11.1. The number of fused-ring (bicyclic) bond motifs is 5. The maximum Gasteiger partial charge on any atom is 0.197 e. The highest BCUT2D eigenvalue weighted by Gasteiger charge is 2.44. The van der Waals surface area contributed by atoms with Crippen molar-refractivity contribution in [1.29, 1.82) is 5.41 Å². The zero-order valence-electron chi connectivity index (χ0n) is 21.5. The van der Waals surface area contributed by atoms with E-state index in [2.05, 4.69) is 28.2 Å². The van der Waals surface area contributed by atoms with Gasteiger partial charge in [-0.15, -0.1) is 11.8 Å². The summed E-state index contributed by atoms with van der Waals surface area (Å²) in [6, 6.07) is 8.25. The number of amidine groups is 1. The van der Waals surface area contributed by atoms with Crippen LogP contribution in [0, 0.1) is 17.2 Å². The maximum atomic E-state index is 11.1. The summed E-state index contributed by atoms with van der Waals surface area (Å²) < 4.78 is 1.86. The van der Waals surface area contributed by atoms with Gasteiger partial charge in [-0.05, 0) is 68.1 Å². The van der Waals surface area contributed by atoms with Gasteiger partial charge in [0.2, 0.25) is 0 Å². The summed E-state index contributed by atoms with van der Waals surface area (Å²) in [6.07, 6.45) is 10.4. The number of nitrogens with zero attached hydrogens (tertiary/aromatic N) is 3. The van der Waals surface area contributed by atoms with Crippen LogP contribution in [0.15, 0.2) is 29.2 Å². The van der Waals surface area contributed by atoms with E-state index in [4.69, 9.17) is 5.41 Å². The molecule has 2 bridgehead atoms. The van der Waals surface area contributed by atoms with Crippen LogP contribution < -0.4 is 0 Å². The molecule has 1 aliphatic heterocycles. The van der Waals surface area contributed by atoms with Gasteiger partial charge in [0.05, 0.1) is 0 Å². The molecule has 7 heteroatoms. The molecule has 2 heterocycles. The quantitative estimate of drug-likeness (QED) is 0.275. The number of thioether (sulfide) groups is 1. The smallest absolute Gasteiger partial charge is 0.197 e. The molecule has 6 nitrogen and oxygen atoms in total. The molecule has 0 amide bonds. The monoisotopic (exact) mass is 508 g/mol. The van der Waals surface area contributed by atoms with Gasteiger partial charge in [-0.1, -0.05) is 31.0 Å². The van der Waals surface area contributed by atoms with Crippen molar-refractivity contribution in [2.75, 3.05) is 39.0 Å². The Morgan fingerprint density at radius 3 is 2.14 bits per heavy atom. The normalized spacial score (nSPS) is 28.0. The summed E-state index contributed by atoms with van der Waals surface area (Å²) in [7, 11) is 0.